The number of carbonyl (C=O) groups excluding carboxylic acids is 2. The highest BCUT2D eigenvalue weighted by Crippen LogP contribution is 2.13. The molecule has 2 amide bonds. The molecule has 0 saturated carbocycles. The number of amides is 2. The molecule has 0 radical (unpaired) electrons. The molecule has 0 spiro atoms. The van der Waals surface area contributed by atoms with Gasteiger partial charge in [0, 0.05) is 39.3 Å². The van der Waals surface area contributed by atoms with Crippen LogP contribution < -0.4 is 5.32 Å². The van der Waals surface area contributed by atoms with Crippen molar-refractivity contribution in [2.45, 2.75) is 0 Å². The van der Waals surface area contributed by atoms with E-state index in [2.05, 4.69) is 10.3 Å². The van der Waals surface area contributed by atoms with Crippen LogP contribution in [0.4, 0.5) is 5.69 Å². The molecule has 1 aromatic heterocycles. The molecule has 0 aliphatic carbocycles. The Bertz CT molecular complexity index is 550. The van der Waals surface area contributed by atoms with Crippen LogP contribution in [-0.2, 0) is 4.79 Å². The summed E-state index contributed by atoms with van der Waals surface area (Å²) >= 11 is 0. The van der Waals surface area contributed by atoms with E-state index in [1.165, 1.54) is 11.9 Å². The quantitative estimate of drug-likeness (QED) is 0.570. The van der Waals surface area contributed by atoms with Crippen LogP contribution >= 0.6 is 0 Å². The Morgan fingerprint density at radius 1 is 1.43 bits per heavy atom. The molecule has 2 N–H and O–H groups in total. The molecule has 0 bridgehead atoms. The number of likely N-dealkylation sites (N-methyl/N-ethyl adjacent to an activating group) is 1. The Balaban J connectivity index is 1.95. The molecule has 9 nitrogen and oxygen atoms in total. The maximum atomic E-state index is 12.1. The molecule has 9 heteroatoms. The van der Waals surface area contributed by atoms with Crippen LogP contribution in [0.3, 0.4) is 0 Å². The van der Waals surface area contributed by atoms with Gasteiger partial charge in [-0.1, -0.05) is 0 Å². The maximum absolute atomic E-state index is 12.1. The molecular formula is C12H17N5O4. The van der Waals surface area contributed by atoms with Gasteiger partial charge in [0.1, 0.15) is 5.69 Å². The first-order chi connectivity index (χ1) is 9.99. The third kappa shape index (κ3) is 3.57. The average molecular weight is 295 g/mol. The van der Waals surface area contributed by atoms with Crippen LogP contribution in [0.5, 0.6) is 0 Å². The fraction of sp³-hybridized carbons (Fsp3) is 0.500. The second kappa shape index (κ2) is 6.35. The molecule has 114 valence electrons. The lowest BCUT2D eigenvalue weighted by Crippen LogP contribution is -2.49. The number of carbonyl (C=O) groups is 2. The number of H-pyrrole nitrogens is 1. The fourth-order valence-electron chi connectivity index (χ4n) is 2.11. The smallest absolute Gasteiger partial charge is 0.287 e. The Hall–Kier alpha value is -2.42. The van der Waals surface area contributed by atoms with Crippen LogP contribution in [0.15, 0.2) is 12.3 Å². The highest BCUT2D eigenvalue weighted by Gasteiger charge is 2.22. The zero-order valence-electron chi connectivity index (χ0n) is 11.7. The summed E-state index contributed by atoms with van der Waals surface area (Å²) in [7, 11) is 1.50. The van der Waals surface area contributed by atoms with Crippen LogP contribution in [0.25, 0.3) is 0 Å². The van der Waals surface area contributed by atoms with Gasteiger partial charge in [-0.25, -0.2) is 0 Å². The van der Waals surface area contributed by atoms with Crippen LogP contribution in [0, 0.1) is 10.1 Å². The van der Waals surface area contributed by atoms with Crippen LogP contribution in [0.2, 0.25) is 0 Å². The summed E-state index contributed by atoms with van der Waals surface area (Å²) in [5.41, 5.74) is -0.0857. The minimum atomic E-state index is -0.584. The summed E-state index contributed by atoms with van der Waals surface area (Å²) in [5.74, 6) is -0.583. The van der Waals surface area contributed by atoms with Crippen LogP contribution in [-0.4, -0.2) is 71.3 Å². The van der Waals surface area contributed by atoms with Gasteiger partial charge in [0.05, 0.1) is 17.7 Å². The van der Waals surface area contributed by atoms with Crippen LogP contribution in [0.1, 0.15) is 10.5 Å². The van der Waals surface area contributed by atoms with Gasteiger partial charge in [-0.3, -0.25) is 19.7 Å². The SMILES string of the molecule is CN(CC(=O)N1CCNCC1)C(=O)c1cc([N+](=O)[O-])c[nH]1. The zero-order valence-corrected chi connectivity index (χ0v) is 11.7. The monoisotopic (exact) mass is 295 g/mol. The highest BCUT2D eigenvalue weighted by atomic mass is 16.6. The zero-order chi connectivity index (χ0) is 15.4. The normalized spacial score (nSPS) is 14.8. The number of hydrogen-bond donors (Lipinski definition) is 2. The summed E-state index contributed by atoms with van der Waals surface area (Å²) < 4.78 is 0. The molecule has 1 fully saturated rings. The van der Waals surface area contributed by atoms with Gasteiger partial charge in [0.15, 0.2) is 0 Å². The molecule has 0 aromatic carbocycles. The standard InChI is InChI=1S/C12H17N5O4/c1-15(8-11(18)16-4-2-13-3-5-16)12(19)10-6-9(7-14-10)17(20)21/h6-7,13-14H,2-5,8H2,1H3. The maximum Gasteiger partial charge on any atom is 0.287 e. The number of nitrogens with one attached hydrogen (secondary N) is 2. The van der Waals surface area contributed by atoms with Crippen molar-refractivity contribution in [3.8, 4) is 0 Å². The van der Waals surface area contributed by atoms with Gasteiger partial charge in [-0.15, -0.1) is 0 Å². The third-order valence-corrected chi connectivity index (χ3v) is 3.30. The van der Waals surface area contributed by atoms with Crippen molar-refractivity contribution in [3.05, 3.63) is 28.1 Å². The minimum absolute atomic E-state index is 0.0499. The van der Waals surface area contributed by atoms with E-state index in [-0.39, 0.29) is 23.8 Å². The van der Waals surface area contributed by atoms with Crippen molar-refractivity contribution in [2.75, 3.05) is 39.8 Å². The van der Waals surface area contributed by atoms with Crippen molar-refractivity contribution in [3.63, 3.8) is 0 Å². The van der Waals surface area contributed by atoms with E-state index >= 15 is 0 Å². The summed E-state index contributed by atoms with van der Waals surface area (Å²) in [4.78, 5) is 39.6. The first kappa shape index (κ1) is 15.0. The lowest BCUT2D eigenvalue weighted by atomic mass is 10.3. The summed E-state index contributed by atoms with van der Waals surface area (Å²) in [5, 5.41) is 13.7. The summed E-state index contributed by atoms with van der Waals surface area (Å²) in [6.45, 7) is 2.67. The van der Waals surface area contributed by atoms with Crippen molar-refractivity contribution < 1.29 is 14.5 Å². The molecule has 1 saturated heterocycles. The topological polar surface area (TPSA) is 112 Å². The number of nitrogens with zero attached hydrogens (tertiary/aromatic N) is 3. The van der Waals surface area contributed by atoms with Crippen molar-refractivity contribution >= 4 is 17.5 Å². The van der Waals surface area contributed by atoms with E-state index in [1.54, 1.807) is 4.90 Å². The molecular weight excluding hydrogens is 278 g/mol. The van der Waals surface area contributed by atoms with Gasteiger partial charge in [-0.05, 0) is 0 Å². The molecule has 1 aromatic rings. The van der Waals surface area contributed by atoms with Crippen molar-refractivity contribution in [2.24, 2.45) is 0 Å². The molecule has 2 rings (SSSR count). The van der Waals surface area contributed by atoms with E-state index in [1.807, 2.05) is 0 Å². The first-order valence-electron chi connectivity index (χ1n) is 6.56. The summed E-state index contributed by atoms with van der Waals surface area (Å²) in [6.07, 6.45) is 1.15. The van der Waals surface area contributed by atoms with E-state index in [9.17, 15) is 19.7 Å². The van der Waals surface area contributed by atoms with E-state index in [0.29, 0.717) is 13.1 Å². The predicted octanol–water partition coefficient (Wildman–Crippen LogP) is -0.573. The number of aromatic nitrogens is 1. The Labute approximate surface area is 121 Å². The lowest BCUT2D eigenvalue weighted by Gasteiger charge is -2.29. The van der Waals surface area contributed by atoms with E-state index in [0.717, 1.165) is 25.4 Å². The Morgan fingerprint density at radius 3 is 2.67 bits per heavy atom. The average Bonchev–Trinajstić information content (AvgIpc) is 2.97. The second-order valence-corrected chi connectivity index (χ2v) is 4.82. The largest absolute Gasteiger partial charge is 0.351 e. The second-order valence-electron chi connectivity index (χ2n) is 4.82. The molecule has 0 unspecified atom stereocenters. The van der Waals surface area contributed by atoms with Gasteiger partial charge in [-0.2, -0.15) is 0 Å². The predicted molar refractivity (Wildman–Crippen MR) is 73.9 cm³/mol. The number of aromatic amines is 1. The molecule has 1 aliphatic rings. The Morgan fingerprint density at radius 2 is 2.10 bits per heavy atom. The van der Waals surface area contributed by atoms with E-state index < -0.39 is 10.8 Å². The lowest BCUT2D eigenvalue weighted by molar-refractivity contribution is -0.384. The minimum Gasteiger partial charge on any atom is -0.351 e. The van der Waals surface area contributed by atoms with Gasteiger partial charge in [0.2, 0.25) is 5.91 Å². The molecule has 0 atom stereocenters. The number of hydrogen-bond acceptors (Lipinski definition) is 5. The first-order valence-corrected chi connectivity index (χ1v) is 6.56. The van der Waals surface area contributed by atoms with Crippen molar-refractivity contribution in [1.29, 1.82) is 0 Å². The Kier molecular flexibility index (Phi) is 4.53. The third-order valence-electron chi connectivity index (χ3n) is 3.30. The van der Waals surface area contributed by atoms with Gasteiger partial charge in [0.25, 0.3) is 11.6 Å². The van der Waals surface area contributed by atoms with Gasteiger partial charge < -0.3 is 20.1 Å². The fourth-order valence-corrected chi connectivity index (χ4v) is 2.11. The number of nitro groups is 1. The van der Waals surface area contributed by atoms with Gasteiger partial charge >= 0.3 is 0 Å². The summed E-state index contributed by atoms with van der Waals surface area (Å²) in [6, 6.07) is 1.16. The number of rotatable bonds is 4. The van der Waals surface area contributed by atoms with E-state index in [4.69, 9.17) is 0 Å². The highest BCUT2D eigenvalue weighted by molar-refractivity contribution is 5.95. The molecule has 21 heavy (non-hydrogen) atoms. The molecule has 2 heterocycles. The number of piperazine rings is 1. The molecule has 1 aliphatic heterocycles. The van der Waals surface area contributed by atoms with Crippen molar-refractivity contribution in [1.82, 2.24) is 20.1 Å².